The fourth-order valence-electron chi connectivity index (χ4n) is 3.75. The van der Waals surface area contributed by atoms with E-state index in [0.717, 1.165) is 35.8 Å². The highest BCUT2D eigenvalue weighted by Gasteiger charge is 2.43. The molecular weight excluding hydrogens is 350 g/mol. The summed E-state index contributed by atoms with van der Waals surface area (Å²) in [5.74, 6) is 2.73. The lowest BCUT2D eigenvalue weighted by Crippen LogP contribution is -2.38. The summed E-state index contributed by atoms with van der Waals surface area (Å²) in [6, 6.07) is 8.22. The summed E-state index contributed by atoms with van der Waals surface area (Å²) >= 11 is 1.56. The lowest BCUT2D eigenvalue weighted by Gasteiger charge is -2.30. The van der Waals surface area contributed by atoms with Gasteiger partial charge < -0.3 is 14.7 Å². The van der Waals surface area contributed by atoms with Gasteiger partial charge in [0.2, 0.25) is 0 Å². The molecule has 0 aromatic heterocycles. The van der Waals surface area contributed by atoms with Crippen LogP contribution in [0.5, 0.6) is 0 Å². The lowest BCUT2D eigenvalue weighted by molar-refractivity contribution is -0.114. The van der Waals surface area contributed by atoms with E-state index in [2.05, 4.69) is 12.1 Å². The molecule has 1 amide bonds. The van der Waals surface area contributed by atoms with Crippen LogP contribution in [-0.4, -0.2) is 47.3 Å². The number of hydrogen-bond acceptors (Lipinski definition) is 4. The maximum atomic E-state index is 11.0. The van der Waals surface area contributed by atoms with Crippen molar-refractivity contribution in [1.82, 2.24) is 4.90 Å². The van der Waals surface area contributed by atoms with Crippen molar-refractivity contribution in [2.45, 2.75) is 37.7 Å². The minimum absolute atomic E-state index is 0.190. The Morgan fingerprint density at radius 3 is 2.54 bits per heavy atom. The third-order valence-electron chi connectivity index (χ3n) is 5.36. The second kappa shape index (κ2) is 8.91. The van der Waals surface area contributed by atoms with Gasteiger partial charge in [-0.3, -0.25) is 4.79 Å². The van der Waals surface area contributed by atoms with Crippen LogP contribution in [0, 0.1) is 17.8 Å². The zero-order valence-electron chi connectivity index (χ0n) is 15.2. The largest absolute Gasteiger partial charge is 0.465 e. The molecule has 142 valence electrons. The van der Waals surface area contributed by atoms with Gasteiger partial charge in [-0.2, -0.15) is 0 Å². The number of carboxylic acid groups (broad SMARTS) is 1. The van der Waals surface area contributed by atoms with Crippen LogP contribution in [0.2, 0.25) is 0 Å². The predicted molar refractivity (Wildman–Crippen MR) is 101 cm³/mol. The molecule has 1 aromatic rings. The Hall–Kier alpha value is -1.53. The summed E-state index contributed by atoms with van der Waals surface area (Å²) in [6.07, 6.45) is 2.42. The highest BCUT2D eigenvalue weighted by atomic mass is 32.2. The van der Waals surface area contributed by atoms with E-state index >= 15 is 0 Å². The summed E-state index contributed by atoms with van der Waals surface area (Å²) in [4.78, 5) is 24.6. The maximum Gasteiger partial charge on any atom is 0.407 e. The normalized spacial score (nSPS) is 23.0. The third-order valence-corrected chi connectivity index (χ3v) is 6.52. The number of piperidine rings is 1. The molecule has 1 heterocycles. The number of rotatable bonds is 8. The van der Waals surface area contributed by atoms with E-state index in [1.807, 2.05) is 12.1 Å². The second-order valence-electron chi connectivity index (χ2n) is 7.42. The minimum atomic E-state index is -0.787. The van der Waals surface area contributed by atoms with Crippen LogP contribution in [0.25, 0.3) is 0 Å². The van der Waals surface area contributed by atoms with Crippen LogP contribution in [0.1, 0.15) is 31.7 Å². The van der Waals surface area contributed by atoms with Crippen molar-refractivity contribution in [1.29, 1.82) is 0 Å². The van der Waals surface area contributed by atoms with E-state index in [-0.39, 0.29) is 5.78 Å². The SMILES string of the molecule is CC(=O)CSc1ccc(COC[C@@H]2C[C@@H]2C2CCN(C(=O)O)CC2)cc1. The number of carbonyl (C=O) groups excluding carboxylic acids is 1. The molecule has 5 nitrogen and oxygen atoms in total. The van der Waals surface area contributed by atoms with E-state index in [4.69, 9.17) is 9.84 Å². The minimum Gasteiger partial charge on any atom is -0.465 e. The fourth-order valence-corrected chi connectivity index (χ4v) is 4.45. The molecule has 0 bridgehead atoms. The number of likely N-dealkylation sites (tertiary alicyclic amines) is 1. The van der Waals surface area contributed by atoms with Crippen LogP contribution < -0.4 is 0 Å². The first-order valence-corrected chi connectivity index (χ1v) is 10.3. The first-order chi connectivity index (χ1) is 12.5. The molecule has 1 aromatic carbocycles. The Bertz CT molecular complexity index is 625. The van der Waals surface area contributed by atoms with Crippen LogP contribution in [0.15, 0.2) is 29.2 Å². The van der Waals surface area contributed by atoms with Gasteiger partial charge in [-0.05, 0) is 61.6 Å². The average molecular weight is 378 g/mol. The molecule has 2 atom stereocenters. The van der Waals surface area contributed by atoms with Gasteiger partial charge in [-0.15, -0.1) is 11.8 Å². The molecule has 1 saturated heterocycles. The highest BCUT2D eigenvalue weighted by Crippen LogP contribution is 2.48. The number of ketones is 1. The molecule has 3 rings (SSSR count). The standard InChI is InChI=1S/C20H27NO4S/c1-14(22)13-26-18-4-2-15(3-5-18)11-25-12-17-10-19(17)16-6-8-21(9-7-16)20(23)24/h2-5,16-17,19H,6-13H2,1H3,(H,23,24)/t17-,19+/m0/s1. The third kappa shape index (κ3) is 5.48. The van der Waals surface area contributed by atoms with Gasteiger partial charge in [0.15, 0.2) is 0 Å². The van der Waals surface area contributed by atoms with Gasteiger partial charge in [-0.1, -0.05) is 12.1 Å². The van der Waals surface area contributed by atoms with E-state index in [1.54, 1.807) is 18.7 Å². The van der Waals surface area contributed by atoms with Gasteiger partial charge in [0.25, 0.3) is 0 Å². The van der Waals surface area contributed by atoms with E-state index in [1.165, 1.54) is 11.3 Å². The number of ether oxygens (including phenoxy) is 1. The van der Waals surface area contributed by atoms with Crippen molar-refractivity contribution >= 4 is 23.6 Å². The fraction of sp³-hybridized carbons (Fsp3) is 0.600. The number of amides is 1. The lowest BCUT2D eigenvalue weighted by atomic mass is 9.91. The Morgan fingerprint density at radius 2 is 1.92 bits per heavy atom. The van der Waals surface area contributed by atoms with E-state index < -0.39 is 6.09 Å². The maximum absolute atomic E-state index is 11.0. The van der Waals surface area contributed by atoms with Gasteiger partial charge in [0, 0.05) is 18.0 Å². The first kappa shape index (κ1) is 19.2. The zero-order valence-corrected chi connectivity index (χ0v) is 16.0. The van der Waals surface area contributed by atoms with Crippen molar-refractivity contribution in [2.24, 2.45) is 17.8 Å². The molecule has 26 heavy (non-hydrogen) atoms. The van der Waals surface area contributed by atoms with Crippen LogP contribution in [0.4, 0.5) is 4.79 Å². The smallest absolute Gasteiger partial charge is 0.407 e. The van der Waals surface area contributed by atoms with E-state index in [9.17, 15) is 9.59 Å². The van der Waals surface area contributed by atoms with Crippen molar-refractivity contribution in [3.63, 3.8) is 0 Å². The molecule has 0 spiro atoms. The number of Topliss-reactive ketones (excluding diaryl/α,β-unsaturated/α-hetero) is 1. The van der Waals surface area contributed by atoms with Crippen molar-refractivity contribution in [3.05, 3.63) is 29.8 Å². The Labute approximate surface area is 159 Å². The molecular formula is C20H27NO4S. The van der Waals surface area contributed by atoms with Crippen LogP contribution in [-0.2, 0) is 16.1 Å². The summed E-state index contributed by atoms with van der Waals surface area (Å²) in [5.41, 5.74) is 1.16. The quantitative estimate of drug-likeness (QED) is 0.696. The van der Waals surface area contributed by atoms with Gasteiger partial charge >= 0.3 is 6.09 Å². The molecule has 0 unspecified atom stereocenters. The zero-order chi connectivity index (χ0) is 18.5. The summed E-state index contributed by atoms with van der Waals surface area (Å²) in [5, 5.41) is 9.02. The van der Waals surface area contributed by atoms with Crippen LogP contribution in [0.3, 0.4) is 0 Å². The van der Waals surface area contributed by atoms with E-state index in [0.29, 0.717) is 37.3 Å². The number of thioether (sulfide) groups is 1. The number of hydrogen-bond donors (Lipinski definition) is 1. The average Bonchev–Trinajstić information content (AvgIpc) is 3.40. The monoisotopic (exact) mass is 377 g/mol. The predicted octanol–water partition coefficient (Wildman–Crippen LogP) is 3.91. The summed E-state index contributed by atoms with van der Waals surface area (Å²) in [7, 11) is 0. The molecule has 2 aliphatic rings. The number of benzene rings is 1. The Morgan fingerprint density at radius 1 is 1.23 bits per heavy atom. The summed E-state index contributed by atoms with van der Waals surface area (Å²) in [6.45, 7) is 4.38. The molecule has 2 fully saturated rings. The molecule has 6 heteroatoms. The van der Waals surface area contributed by atoms with Crippen molar-refractivity contribution < 1.29 is 19.4 Å². The molecule has 1 aliphatic heterocycles. The van der Waals surface area contributed by atoms with Crippen molar-refractivity contribution in [3.8, 4) is 0 Å². The van der Waals surface area contributed by atoms with Gasteiger partial charge in [0.05, 0.1) is 19.0 Å². The number of nitrogens with zero attached hydrogens (tertiary/aromatic N) is 1. The topological polar surface area (TPSA) is 66.8 Å². The summed E-state index contributed by atoms with van der Waals surface area (Å²) < 4.78 is 5.90. The van der Waals surface area contributed by atoms with Crippen LogP contribution >= 0.6 is 11.8 Å². The Balaban J connectivity index is 1.32. The van der Waals surface area contributed by atoms with Gasteiger partial charge in [0.1, 0.15) is 5.78 Å². The van der Waals surface area contributed by atoms with Gasteiger partial charge in [-0.25, -0.2) is 4.79 Å². The number of carbonyl (C=O) groups is 2. The molecule has 1 N–H and O–H groups in total. The molecule has 1 aliphatic carbocycles. The molecule has 1 saturated carbocycles. The Kier molecular flexibility index (Phi) is 6.59. The molecule has 0 radical (unpaired) electrons. The first-order valence-electron chi connectivity index (χ1n) is 9.29. The highest BCUT2D eigenvalue weighted by molar-refractivity contribution is 8.00. The van der Waals surface area contributed by atoms with Crippen molar-refractivity contribution in [2.75, 3.05) is 25.4 Å². The second-order valence-corrected chi connectivity index (χ2v) is 8.47.